The van der Waals surface area contributed by atoms with Crippen molar-refractivity contribution in [3.05, 3.63) is 48.6 Å². The number of carbonyl (C=O) groups excluding carboxylic acids is 3. The number of unbranched alkanes of at least 4 members (excludes halogenated alkanes) is 44. The molecule has 0 saturated carbocycles. The summed E-state index contributed by atoms with van der Waals surface area (Å²) in [6, 6.07) is 0. The molecule has 0 aliphatic rings. The molecule has 0 radical (unpaired) electrons. The van der Waals surface area contributed by atoms with Crippen LogP contribution in [-0.4, -0.2) is 37.2 Å². The highest BCUT2D eigenvalue weighted by molar-refractivity contribution is 5.71. The second kappa shape index (κ2) is 65.9. The van der Waals surface area contributed by atoms with E-state index in [1.54, 1.807) is 0 Å². The highest BCUT2D eigenvalue weighted by Gasteiger charge is 2.19. The molecule has 1 unspecified atom stereocenters. The summed E-state index contributed by atoms with van der Waals surface area (Å²) in [5.74, 6) is -0.864. The molecule has 1 atom stereocenters. The van der Waals surface area contributed by atoms with E-state index in [9.17, 15) is 14.4 Å². The van der Waals surface area contributed by atoms with Crippen LogP contribution in [0.1, 0.15) is 367 Å². The van der Waals surface area contributed by atoms with Gasteiger partial charge in [-0.15, -0.1) is 0 Å². The number of allylic oxidation sites excluding steroid dienone is 8. The molecule has 0 aliphatic heterocycles. The van der Waals surface area contributed by atoms with Crippen molar-refractivity contribution in [2.75, 3.05) is 13.2 Å². The average Bonchev–Trinajstić information content (AvgIpc) is 3.43. The zero-order chi connectivity index (χ0) is 55.7. The molecule has 0 N–H and O–H groups in total. The molecule has 0 aromatic heterocycles. The third-order valence-electron chi connectivity index (χ3n) is 15.3. The Hall–Kier alpha value is -2.63. The molecule has 450 valence electrons. The van der Waals surface area contributed by atoms with Gasteiger partial charge in [0.25, 0.3) is 0 Å². The van der Waals surface area contributed by atoms with Gasteiger partial charge >= 0.3 is 17.9 Å². The Morgan fingerprint density at radius 3 is 0.740 bits per heavy atom. The zero-order valence-electron chi connectivity index (χ0n) is 51.7. The Bertz CT molecular complexity index is 1330. The molecule has 0 aromatic carbocycles. The fourth-order valence-electron chi connectivity index (χ4n) is 10.2. The second-order valence-corrected chi connectivity index (χ2v) is 23.1. The lowest BCUT2D eigenvalue weighted by Gasteiger charge is -2.18. The SMILES string of the molecule is CCCCC/C=C\C/C=C\CCCCCCCC(=O)OC(COC(=O)CCCCCCCCCCCCCCCCC)COC(=O)CCCCCCCCCCCCCCCCCCC/C=C\C/C=C\CCCCCCC. The van der Waals surface area contributed by atoms with Crippen LogP contribution in [0.4, 0.5) is 0 Å². The van der Waals surface area contributed by atoms with Crippen LogP contribution in [0.5, 0.6) is 0 Å². The molecule has 6 heteroatoms. The summed E-state index contributed by atoms with van der Waals surface area (Å²) in [6.07, 6.45) is 82.8. The molecule has 0 amide bonds. The lowest BCUT2D eigenvalue weighted by molar-refractivity contribution is -0.167. The summed E-state index contributed by atoms with van der Waals surface area (Å²) < 4.78 is 16.9. The maximum absolute atomic E-state index is 12.9. The molecule has 6 nitrogen and oxygen atoms in total. The van der Waals surface area contributed by atoms with E-state index in [-0.39, 0.29) is 31.1 Å². The normalized spacial score (nSPS) is 12.3. The summed E-state index contributed by atoms with van der Waals surface area (Å²) in [5, 5.41) is 0. The van der Waals surface area contributed by atoms with E-state index in [1.807, 2.05) is 0 Å². The van der Waals surface area contributed by atoms with Crippen molar-refractivity contribution in [1.29, 1.82) is 0 Å². The van der Waals surface area contributed by atoms with Gasteiger partial charge in [0.1, 0.15) is 13.2 Å². The van der Waals surface area contributed by atoms with Crippen LogP contribution < -0.4 is 0 Å². The fraction of sp³-hybridized carbons (Fsp3) is 0.845. The largest absolute Gasteiger partial charge is 0.462 e. The topological polar surface area (TPSA) is 78.9 Å². The van der Waals surface area contributed by atoms with Crippen molar-refractivity contribution in [2.45, 2.75) is 374 Å². The van der Waals surface area contributed by atoms with Crippen LogP contribution in [0.3, 0.4) is 0 Å². The molecule has 0 aliphatic carbocycles. The predicted octanol–water partition coefficient (Wildman–Crippen LogP) is 23.3. The standard InChI is InChI=1S/C71H130O6/c1-4-7-10-13-16-19-22-25-28-29-30-31-32-33-34-35-36-37-38-39-40-41-44-46-49-52-55-58-61-64-70(73)76-67-68(77-71(74)65-62-59-56-53-50-47-43-27-24-21-18-15-12-9-6-3)66-75-69(72)63-60-57-54-51-48-45-42-26-23-20-17-14-11-8-5-2/h18,21-22,25,27,29-30,43,68H,4-17,19-20,23-24,26,28,31-42,44-67H2,1-3H3/b21-18-,25-22-,30-29-,43-27-. The lowest BCUT2D eigenvalue weighted by Crippen LogP contribution is -2.30. The summed E-state index contributed by atoms with van der Waals surface area (Å²) >= 11 is 0. The van der Waals surface area contributed by atoms with Gasteiger partial charge in [0, 0.05) is 19.3 Å². The third-order valence-corrected chi connectivity index (χ3v) is 15.3. The van der Waals surface area contributed by atoms with E-state index in [2.05, 4.69) is 69.4 Å². The summed E-state index contributed by atoms with van der Waals surface area (Å²) in [7, 11) is 0. The van der Waals surface area contributed by atoms with Gasteiger partial charge in [-0.2, -0.15) is 0 Å². The van der Waals surface area contributed by atoms with E-state index in [4.69, 9.17) is 14.2 Å². The first kappa shape index (κ1) is 74.4. The van der Waals surface area contributed by atoms with E-state index in [0.29, 0.717) is 19.3 Å². The number of carbonyl (C=O) groups is 3. The highest BCUT2D eigenvalue weighted by Crippen LogP contribution is 2.18. The Morgan fingerprint density at radius 2 is 0.468 bits per heavy atom. The maximum Gasteiger partial charge on any atom is 0.306 e. The molecule has 0 bridgehead atoms. The molecule has 0 heterocycles. The minimum atomic E-state index is -0.778. The van der Waals surface area contributed by atoms with Crippen LogP contribution in [0.25, 0.3) is 0 Å². The highest BCUT2D eigenvalue weighted by atomic mass is 16.6. The minimum absolute atomic E-state index is 0.0738. The number of ether oxygens (including phenoxy) is 3. The number of esters is 3. The van der Waals surface area contributed by atoms with Gasteiger partial charge in [-0.3, -0.25) is 14.4 Å². The maximum atomic E-state index is 12.9. The van der Waals surface area contributed by atoms with Crippen molar-refractivity contribution in [1.82, 2.24) is 0 Å². The molecule has 0 rings (SSSR count). The van der Waals surface area contributed by atoms with Crippen molar-refractivity contribution < 1.29 is 28.6 Å². The first-order chi connectivity index (χ1) is 38.0. The van der Waals surface area contributed by atoms with Crippen molar-refractivity contribution in [2.24, 2.45) is 0 Å². The molecule has 0 spiro atoms. The van der Waals surface area contributed by atoms with Gasteiger partial charge < -0.3 is 14.2 Å². The number of hydrogen-bond donors (Lipinski definition) is 0. The Morgan fingerprint density at radius 1 is 0.260 bits per heavy atom. The Kier molecular flexibility index (Phi) is 63.6. The number of hydrogen-bond acceptors (Lipinski definition) is 6. The quantitative estimate of drug-likeness (QED) is 0.0261. The monoisotopic (exact) mass is 1080 g/mol. The molecular formula is C71H130O6. The smallest absolute Gasteiger partial charge is 0.306 e. The summed E-state index contributed by atoms with van der Waals surface area (Å²) in [4.78, 5) is 38.3. The first-order valence-electron chi connectivity index (χ1n) is 34.1. The van der Waals surface area contributed by atoms with Gasteiger partial charge in [-0.25, -0.2) is 0 Å². The van der Waals surface area contributed by atoms with E-state index in [0.717, 1.165) is 89.9 Å². The van der Waals surface area contributed by atoms with E-state index >= 15 is 0 Å². The average molecular weight is 1080 g/mol. The second-order valence-electron chi connectivity index (χ2n) is 23.1. The minimum Gasteiger partial charge on any atom is -0.462 e. The lowest BCUT2D eigenvalue weighted by atomic mass is 10.0. The van der Waals surface area contributed by atoms with Gasteiger partial charge in [-0.05, 0) is 83.5 Å². The van der Waals surface area contributed by atoms with Gasteiger partial charge in [0.2, 0.25) is 0 Å². The van der Waals surface area contributed by atoms with Crippen LogP contribution in [0, 0.1) is 0 Å². The van der Waals surface area contributed by atoms with Gasteiger partial charge in [-0.1, -0.05) is 313 Å². The summed E-state index contributed by atoms with van der Waals surface area (Å²) in [5.41, 5.74) is 0. The predicted molar refractivity (Wildman–Crippen MR) is 335 cm³/mol. The molecule has 77 heavy (non-hydrogen) atoms. The van der Waals surface area contributed by atoms with Crippen molar-refractivity contribution in [3.63, 3.8) is 0 Å². The Balaban J connectivity index is 4.20. The third kappa shape index (κ3) is 64.1. The molecule has 0 aromatic rings. The van der Waals surface area contributed by atoms with E-state index in [1.165, 1.54) is 238 Å². The number of rotatable bonds is 63. The van der Waals surface area contributed by atoms with Crippen molar-refractivity contribution >= 4 is 17.9 Å². The van der Waals surface area contributed by atoms with Gasteiger partial charge in [0.15, 0.2) is 6.10 Å². The van der Waals surface area contributed by atoms with Crippen LogP contribution in [0.15, 0.2) is 48.6 Å². The fourth-order valence-corrected chi connectivity index (χ4v) is 10.2. The summed E-state index contributed by atoms with van der Waals surface area (Å²) in [6.45, 7) is 6.65. The molecule has 0 fully saturated rings. The van der Waals surface area contributed by atoms with Crippen LogP contribution in [-0.2, 0) is 28.6 Å². The molecule has 0 saturated heterocycles. The van der Waals surface area contributed by atoms with Crippen LogP contribution in [0.2, 0.25) is 0 Å². The first-order valence-corrected chi connectivity index (χ1v) is 34.1. The zero-order valence-corrected chi connectivity index (χ0v) is 51.7. The van der Waals surface area contributed by atoms with Crippen molar-refractivity contribution in [3.8, 4) is 0 Å². The molecular weight excluding hydrogens is 949 g/mol. The van der Waals surface area contributed by atoms with Gasteiger partial charge in [0.05, 0.1) is 0 Å². The van der Waals surface area contributed by atoms with E-state index < -0.39 is 6.10 Å². The Labute approximate surface area is 479 Å². The van der Waals surface area contributed by atoms with Crippen LogP contribution >= 0.6 is 0 Å².